The van der Waals surface area contributed by atoms with Crippen LogP contribution in [-0.2, 0) is 10.0 Å². The van der Waals surface area contributed by atoms with E-state index < -0.39 is 15.8 Å². The van der Waals surface area contributed by atoms with E-state index in [9.17, 15) is 18.0 Å². The molecule has 2 rings (SSSR count). The van der Waals surface area contributed by atoms with Crippen LogP contribution in [0.15, 0.2) is 32.8 Å². The van der Waals surface area contributed by atoms with Crippen molar-refractivity contribution in [1.29, 1.82) is 0 Å². The Morgan fingerprint density at radius 3 is 2.71 bits per heavy atom. The Kier molecular flexibility index (Phi) is 8.33. The number of hydrogen-bond donors (Lipinski definition) is 5. The van der Waals surface area contributed by atoms with Gasteiger partial charge in [-0.1, -0.05) is 5.46 Å². The van der Waals surface area contributed by atoms with Crippen LogP contribution >= 0.6 is 0 Å². The second kappa shape index (κ2) is 10.7. The summed E-state index contributed by atoms with van der Waals surface area (Å²) in [5, 5.41) is 22.6. The Morgan fingerprint density at radius 1 is 1.35 bits per heavy atom. The van der Waals surface area contributed by atoms with Crippen LogP contribution in [-0.4, -0.2) is 69.0 Å². The number of aliphatic imine (C=N–C) groups is 2. The molecular formula is C16H22BFN8O4S. The molecule has 2 aromatic rings. The first kappa shape index (κ1) is 24.1. The molecule has 1 aromatic heterocycles. The number of benzene rings is 1. The standard InChI is InChI=1S/C16H22BFN8O4S/c1-9(2)21-16(26-31(3,28)29)20-7-6-19-14-13(24-30-25-14)15(23-27)22-10-4-5-12(18)11(17)8-10/h4-5,8-9,27H,6-7H2,1-3H3,(H,19,25)(H,22,23)(H2,20,21,26). The normalized spacial score (nSPS) is 12.7. The molecule has 12 nitrogen and oxygen atoms in total. The minimum absolute atomic E-state index is 0.0396. The van der Waals surface area contributed by atoms with E-state index in [0.717, 1.165) is 12.3 Å². The van der Waals surface area contributed by atoms with Crippen molar-refractivity contribution in [3.8, 4) is 0 Å². The summed E-state index contributed by atoms with van der Waals surface area (Å²) in [5.41, 5.74) is 2.07. The third-order valence-corrected chi connectivity index (χ3v) is 3.98. The highest BCUT2D eigenvalue weighted by Crippen LogP contribution is 2.15. The molecule has 15 heteroatoms. The van der Waals surface area contributed by atoms with Crippen molar-refractivity contribution in [3.63, 3.8) is 0 Å². The van der Waals surface area contributed by atoms with Crippen molar-refractivity contribution < 1.29 is 22.6 Å². The van der Waals surface area contributed by atoms with E-state index in [1.54, 1.807) is 0 Å². The maximum absolute atomic E-state index is 13.3. The second-order valence-electron chi connectivity index (χ2n) is 6.57. The van der Waals surface area contributed by atoms with Crippen molar-refractivity contribution in [2.24, 2.45) is 9.98 Å². The molecule has 0 spiro atoms. The highest BCUT2D eigenvalue weighted by molar-refractivity contribution is 7.89. The minimum Gasteiger partial charge on any atom is -0.363 e. The summed E-state index contributed by atoms with van der Waals surface area (Å²) in [4.78, 5) is 8.26. The quantitative estimate of drug-likeness (QED) is 0.115. The lowest BCUT2D eigenvalue weighted by Gasteiger charge is -2.13. The molecule has 31 heavy (non-hydrogen) atoms. The SMILES string of the molecule is [B]c1cc(N=C(NO)c2nonc2NCCN=C(NC(C)C)NS(C)(=O)=O)ccc1F. The average Bonchev–Trinajstić information content (AvgIpc) is 3.12. The first-order valence-electron chi connectivity index (χ1n) is 8.98. The smallest absolute Gasteiger partial charge is 0.232 e. The van der Waals surface area contributed by atoms with Gasteiger partial charge in [0.05, 0.1) is 18.5 Å². The van der Waals surface area contributed by atoms with Gasteiger partial charge < -0.3 is 10.6 Å². The lowest BCUT2D eigenvalue weighted by molar-refractivity contribution is 0.234. The largest absolute Gasteiger partial charge is 0.363 e. The van der Waals surface area contributed by atoms with Crippen molar-refractivity contribution in [2.45, 2.75) is 19.9 Å². The monoisotopic (exact) mass is 452 g/mol. The van der Waals surface area contributed by atoms with Gasteiger partial charge in [-0.05, 0) is 42.4 Å². The highest BCUT2D eigenvalue weighted by atomic mass is 32.2. The van der Waals surface area contributed by atoms with Gasteiger partial charge in [-0.15, -0.1) is 0 Å². The van der Waals surface area contributed by atoms with E-state index in [1.165, 1.54) is 12.1 Å². The fourth-order valence-electron chi connectivity index (χ4n) is 2.22. The van der Waals surface area contributed by atoms with E-state index in [-0.39, 0.29) is 53.6 Å². The maximum atomic E-state index is 13.3. The predicted octanol–water partition coefficient (Wildman–Crippen LogP) is -0.625. The lowest BCUT2D eigenvalue weighted by atomic mass is 9.95. The molecule has 0 saturated heterocycles. The zero-order valence-electron chi connectivity index (χ0n) is 17.0. The van der Waals surface area contributed by atoms with Crippen molar-refractivity contribution >= 4 is 46.6 Å². The van der Waals surface area contributed by atoms with Crippen molar-refractivity contribution in [3.05, 3.63) is 29.7 Å². The van der Waals surface area contributed by atoms with E-state index >= 15 is 0 Å². The lowest BCUT2D eigenvalue weighted by Crippen LogP contribution is -2.43. The number of nitrogens with zero attached hydrogens (tertiary/aromatic N) is 4. The summed E-state index contributed by atoms with van der Waals surface area (Å²) in [6.07, 6.45) is 1.02. The molecule has 2 radical (unpaired) electrons. The fourth-order valence-corrected chi connectivity index (χ4v) is 2.69. The van der Waals surface area contributed by atoms with Crippen LogP contribution in [0, 0.1) is 5.82 Å². The zero-order chi connectivity index (χ0) is 23.0. The van der Waals surface area contributed by atoms with Crippen LogP contribution in [0.4, 0.5) is 15.9 Å². The number of aromatic nitrogens is 2. The van der Waals surface area contributed by atoms with Gasteiger partial charge in [-0.25, -0.2) is 22.4 Å². The highest BCUT2D eigenvalue weighted by Gasteiger charge is 2.16. The molecule has 0 atom stereocenters. The van der Waals surface area contributed by atoms with Gasteiger partial charge >= 0.3 is 0 Å². The molecule has 0 saturated carbocycles. The number of sulfonamides is 1. The number of anilines is 1. The number of nitrogens with one attached hydrogen (secondary N) is 4. The third-order valence-electron chi connectivity index (χ3n) is 3.42. The molecule has 0 aliphatic carbocycles. The Morgan fingerprint density at radius 2 is 2.10 bits per heavy atom. The number of amidine groups is 1. The van der Waals surface area contributed by atoms with Crippen molar-refractivity contribution in [2.75, 3.05) is 24.7 Å². The van der Waals surface area contributed by atoms with E-state index in [2.05, 4.69) is 40.3 Å². The molecule has 1 heterocycles. The molecular weight excluding hydrogens is 430 g/mol. The Hall–Kier alpha value is -3.20. The van der Waals surface area contributed by atoms with E-state index in [4.69, 9.17) is 7.85 Å². The number of rotatable bonds is 8. The average molecular weight is 452 g/mol. The van der Waals surface area contributed by atoms with E-state index in [0.29, 0.717) is 0 Å². The van der Waals surface area contributed by atoms with Crippen LogP contribution in [0.1, 0.15) is 19.5 Å². The zero-order valence-corrected chi connectivity index (χ0v) is 17.9. The van der Waals surface area contributed by atoms with Gasteiger partial charge in [-0.3, -0.25) is 20.4 Å². The summed E-state index contributed by atoms with van der Waals surface area (Å²) in [6.45, 7) is 4.06. The summed E-state index contributed by atoms with van der Waals surface area (Å²) in [6, 6.07) is 3.73. The predicted molar refractivity (Wildman–Crippen MR) is 114 cm³/mol. The maximum Gasteiger partial charge on any atom is 0.232 e. The first-order valence-corrected chi connectivity index (χ1v) is 10.9. The number of guanidine groups is 1. The molecule has 0 amide bonds. The molecule has 5 N–H and O–H groups in total. The fraction of sp³-hybridized carbons (Fsp3) is 0.375. The van der Waals surface area contributed by atoms with E-state index in [1.807, 2.05) is 19.3 Å². The summed E-state index contributed by atoms with van der Waals surface area (Å²) < 4.78 is 43.2. The summed E-state index contributed by atoms with van der Waals surface area (Å²) in [5.74, 6) is -0.481. The number of halogens is 1. The summed E-state index contributed by atoms with van der Waals surface area (Å²) in [7, 11) is 2.02. The van der Waals surface area contributed by atoms with Crippen LogP contribution in [0.2, 0.25) is 0 Å². The molecule has 0 unspecified atom stereocenters. The van der Waals surface area contributed by atoms with Gasteiger partial charge in [0.1, 0.15) is 13.7 Å². The topological polar surface area (TPSA) is 166 Å². The Labute approximate surface area is 179 Å². The van der Waals surface area contributed by atoms with Gasteiger partial charge in [0.15, 0.2) is 11.5 Å². The van der Waals surface area contributed by atoms with Crippen LogP contribution in [0.25, 0.3) is 0 Å². The molecule has 0 bridgehead atoms. The Balaban J connectivity index is 2.10. The Bertz CT molecular complexity index is 1060. The number of hydrogen-bond acceptors (Lipinski definition) is 9. The van der Waals surface area contributed by atoms with Crippen LogP contribution < -0.4 is 26.3 Å². The molecule has 0 fully saturated rings. The van der Waals surface area contributed by atoms with Crippen molar-refractivity contribution in [1.82, 2.24) is 25.8 Å². The molecule has 0 aliphatic heterocycles. The second-order valence-corrected chi connectivity index (χ2v) is 8.32. The van der Waals surface area contributed by atoms with Crippen LogP contribution in [0.5, 0.6) is 0 Å². The third kappa shape index (κ3) is 7.86. The molecule has 1 aromatic carbocycles. The summed E-state index contributed by atoms with van der Waals surface area (Å²) >= 11 is 0. The first-order chi connectivity index (χ1) is 14.6. The molecule has 0 aliphatic rings. The molecule has 166 valence electrons. The minimum atomic E-state index is -3.49. The van der Waals surface area contributed by atoms with Gasteiger partial charge in [0.2, 0.25) is 21.8 Å². The van der Waals surface area contributed by atoms with Gasteiger partial charge in [0.25, 0.3) is 0 Å². The van der Waals surface area contributed by atoms with Gasteiger partial charge in [0, 0.05) is 12.6 Å². The number of hydroxylamine groups is 1. The van der Waals surface area contributed by atoms with Gasteiger partial charge in [-0.2, -0.15) is 0 Å². The van der Waals surface area contributed by atoms with Crippen LogP contribution in [0.3, 0.4) is 0 Å².